The summed E-state index contributed by atoms with van der Waals surface area (Å²) in [5, 5.41) is 17.0. The Labute approximate surface area is 220 Å². The number of pyridine rings is 1. The minimum absolute atomic E-state index is 0.0105. The van der Waals surface area contributed by atoms with Gasteiger partial charge in [0.1, 0.15) is 18.0 Å². The molecule has 1 amide bonds. The summed E-state index contributed by atoms with van der Waals surface area (Å²) in [5.74, 6) is -2.94. The third-order valence-corrected chi connectivity index (χ3v) is 5.71. The van der Waals surface area contributed by atoms with Gasteiger partial charge in [-0.1, -0.05) is 0 Å². The molecule has 3 aromatic rings. The summed E-state index contributed by atoms with van der Waals surface area (Å²) in [6.07, 6.45) is -8.35. The number of amides is 1. The first kappa shape index (κ1) is 30.2. The zero-order chi connectivity index (χ0) is 29.8. The smallest absolute Gasteiger partial charge is 0.475 e. The van der Waals surface area contributed by atoms with Crippen molar-refractivity contribution in [3.63, 3.8) is 0 Å². The van der Waals surface area contributed by atoms with Crippen molar-refractivity contribution in [3.8, 4) is 17.7 Å². The number of ether oxygens (including phenoxy) is 1. The fourth-order valence-corrected chi connectivity index (χ4v) is 3.81. The fraction of sp³-hybridized carbons (Fsp3) is 0.333. The number of nitrogens with one attached hydrogen (secondary N) is 1. The van der Waals surface area contributed by atoms with Crippen molar-refractivity contribution in [2.45, 2.75) is 43.4 Å². The van der Waals surface area contributed by atoms with Gasteiger partial charge in [-0.15, -0.1) is 0 Å². The number of carbonyl (C=O) groups is 2. The minimum atomic E-state index is -5.08. The molecular weight excluding hydrogens is 555 g/mol. The highest BCUT2D eigenvalue weighted by Gasteiger charge is 2.38. The van der Waals surface area contributed by atoms with E-state index in [1.54, 1.807) is 24.4 Å². The van der Waals surface area contributed by atoms with Crippen molar-refractivity contribution < 1.29 is 50.2 Å². The van der Waals surface area contributed by atoms with Crippen LogP contribution in [0.25, 0.3) is 10.9 Å². The van der Waals surface area contributed by atoms with Gasteiger partial charge >= 0.3 is 18.3 Å². The summed E-state index contributed by atoms with van der Waals surface area (Å²) in [7, 11) is 0. The van der Waals surface area contributed by atoms with Gasteiger partial charge in [0, 0.05) is 35.8 Å². The molecule has 1 aliphatic rings. The second-order valence-corrected chi connectivity index (χ2v) is 8.59. The predicted molar refractivity (Wildman–Crippen MR) is 124 cm³/mol. The molecule has 0 bridgehead atoms. The van der Waals surface area contributed by atoms with Crippen LogP contribution in [0.3, 0.4) is 0 Å². The van der Waals surface area contributed by atoms with Crippen LogP contribution in [0.2, 0.25) is 0 Å². The van der Waals surface area contributed by atoms with Crippen LogP contribution < -0.4 is 10.5 Å². The number of carbonyl (C=O) groups excluding carboxylic acids is 1. The Kier molecular flexibility index (Phi) is 8.88. The molecular formula is C24H20F7N5O4. The number of nitriles is 1. The Balaban J connectivity index is 0.000000559. The number of likely N-dealkylation sites (tertiary alicyclic amines) is 1. The number of carboxylic acid groups (broad SMARTS) is 1. The van der Waals surface area contributed by atoms with E-state index < -0.39 is 48.0 Å². The number of fused-ring (bicyclic) bond motifs is 1. The van der Waals surface area contributed by atoms with Crippen molar-refractivity contribution in [2.75, 3.05) is 6.54 Å². The Hall–Kier alpha value is -4.39. The summed E-state index contributed by atoms with van der Waals surface area (Å²) < 4.78 is 89.1. The molecule has 4 N–H and O–H groups in total. The van der Waals surface area contributed by atoms with E-state index in [0.717, 1.165) is 17.6 Å². The second-order valence-electron chi connectivity index (χ2n) is 8.59. The Morgan fingerprint density at radius 3 is 2.45 bits per heavy atom. The van der Waals surface area contributed by atoms with E-state index in [1.165, 1.54) is 4.90 Å². The first-order valence-corrected chi connectivity index (χ1v) is 11.3. The maximum atomic E-state index is 13.7. The van der Waals surface area contributed by atoms with Crippen LogP contribution in [-0.4, -0.2) is 62.8 Å². The van der Waals surface area contributed by atoms with Gasteiger partial charge in [-0.3, -0.25) is 4.79 Å². The van der Waals surface area contributed by atoms with Crippen LogP contribution in [0.5, 0.6) is 11.6 Å². The SMILES string of the molecule is N#C[C@@H]1CC(F)CN1C(=O)[C@@H](N)Cc1c[nH]c2ccc(Oc3ccc(C(F)(F)F)cn3)cc12.O=C(O)C(F)(F)F. The highest BCUT2D eigenvalue weighted by Crippen LogP contribution is 2.31. The average Bonchev–Trinajstić information content (AvgIpc) is 3.45. The molecule has 3 atom stereocenters. The molecule has 0 saturated carbocycles. The quantitative estimate of drug-likeness (QED) is 0.384. The fourth-order valence-electron chi connectivity index (χ4n) is 3.81. The molecule has 1 unspecified atom stereocenters. The molecule has 1 saturated heterocycles. The molecule has 40 heavy (non-hydrogen) atoms. The lowest BCUT2D eigenvalue weighted by Crippen LogP contribution is -2.46. The van der Waals surface area contributed by atoms with Gasteiger partial charge in [-0.05, 0) is 36.2 Å². The van der Waals surface area contributed by atoms with Gasteiger partial charge in [0.05, 0.1) is 24.2 Å². The van der Waals surface area contributed by atoms with Gasteiger partial charge in [-0.2, -0.15) is 31.6 Å². The molecule has 4 rings (SSSR count). The van der Waals surface area contributed by atoms with Crippen molar-refractivity contribution in [2.24, 2.45) is 5.73 Å². The Morgan fingerprint density at radius 2 is 1.90 bits per heavy atom. The number of carboxylic acids is 1. The first-order chi connectivity index (χ1) is 18.6. The molecule has 0 aliphatic carbocycles. The maximum Gasteiger partial charge on any atom is 0.490 e. The number of rotatable bonds is 5. The van der Waals surface area contributed by atoms with Crippen LogP contribution >= 0.6 is 0 Å². The molecule has 1 aromatic carbocycles. The van der Waals surface area contributed by atoms with Gasteiger partial charge < -0.3 is 25.5 Å². The summed E-state index contributed by atoms with van der Waals surface area (Å²) in [6, 6.07) is 7.11. The topological polar surface area (TPSA) is 145 Å². The molecule has 0 spiro atoms. The largest absolute Gasteiger partial charge is 0.490 e. The van der Waals surface area contributed by atoms with Crippen LogP contribution in [0.4, 0.5) is 30.7 Å². The highest BCUT2D eigenvalue weighted by atomic mass is 19.4. The third-order valence-electron chi connectivity index (χ3n) is 5.71. The Morgan fingerprint density at radius 1 is 1.23 bits per heavy atom. The Bertz CT molecular complexity index is 1400. The number of nitrogens with zero attached hydrogens (tertiary/aromatic N) is 3. The van der Waals surface area contributed by atoms with Crippen LogP contribution in [-0.2, 0) is 22.2 Å². The highest BCUT2D eigenvalue weighted by molar-refractivity contribution is 5.87. The standard InChI is InChI=1S/C22H19F4N5O2.C2HF3O2/c23-14-6-15(8-27)31(11-14)21(32)18(28)5-12-9-29-19-3-2-16(7-17(12)19)33-20-4-1-13(10-30-20)22(24,25)26;3-2(4,5)1(6)7/h1-4,7,9-10,14-15,18,29H,5-6,11,28H2;(H,6,7)/t14?,15-,18-;/m0./s1. The number of hydrogen-bond acceptors (Lipinski definition) is 6. The number of hydrogen-bond donors (Lipinski definition) is 3. The molecule has 9 nitrogen and oxygen atoms in total. The predicted octanol–water partition coefficient (Wildman–Crippen LogP) is 4.34. The monoisotopic (exact) mass is 575 g/mol. The average molecular weight is 575 g/mol. The molecule has 3 heterocycles. The van der Waals surface area contributed by atoms with Crippen LogP contribution in [0, 0.1) is 11.3 Å². The van der Waals surface area contributed by atoms with E-state index in [9.17, 15) is 35.5 Å². The summed E-state index contributed by atoms with van der Waals surface area (Å²) in [6.45, 7) is -0.156. The number of H-pyrrole nitrogens is 1. The van der Waals surface area contributed by atoms with E-state index in [4.69, 9.17) is 25.6 Å². The number of aliphatic carboxylic acids is 1. The number of alkyl halides is 7. The van der Waals surface area contributed by atoms with Gasteiger partial charge in [-0.25, -0.2) is 14.2 Å². The number of aromatic amines is 1. The minimum Gasteiger partial charge on any atom is -0.475 e. The van der Waals surface area contributed by atoms with Crippen LogP contribution in [0.1, 0.15) is 17.5 Å². The summed E-state index contributed by atoms with van der Waals surface area (Å²) in [5.41, 5.74) is 6.63. The lowest BCUT2D eigenvalue weighted by molar-refractivity contribution is -0.192. The van der Waals surface area contributed by atoms with E-state index >= 15 is 0 Å². The van der Waals surface area contributed by atoms with Crippen LogP contribution in [0.15, 0.2) is 42.7 Å². The van der Waals surface area contributed by atoms with Gasteiger partial charge in [0.15, 0.2) is 0 Å². The first-order valence-electron chi connectivity index (χ1n) is 11.3. The van der Waals surface area contributed by atoms with E-state index in [-0.39, 0.29) is 25.3 Å². The number of benzene rings is 1. The van der Waals surface area contributed by atoms with Gasteiger partial charge in [0.2, 0.25) is 11.8 Å². The maximum absolute atomic E-state index is 13.7. The zero-order valence-electron chi connectivity index (χ0n) is 20.1. The molecule has 2 aromatic heterocycles. The number of aromatic nitrogens is 2. The number of halogens is 7. The van der Waals surface area contributed by atoms with Gasteiger partial charge in [0.25, 0.3) is 0 Å². The van der Waals surface area contributed by atoms with Crippen molar-refractivity contribution in [1.29, 1.82) is 5.26 Å². The van der Waals surface area contributed by atoms with E-state index in [0.29, 0.717) is 22.9 Å². The van der Waals surface area contributed by atoms with Crippen molar-refractivity contribution >= 4 is 22.8 Å². The lowest BCUT2D eigenvalue weighted by atomic mass is 10.0. The van der Waals surface area contributed by atoms with Crippen molar-refractivity contribution in [1.82, 2.24) is 14.9 Å². The molecule has 1 fully saturated rings. The third kappa shape index (κ3) is 7.38. The molecule has 16 heteroatoms. The normalized spacial score (nSPS) is 18.0. The molecule has 1 aliphatic heterocycles. The molecule has 0 radical (unpaired) electrons. The number of nitrogens with two attached hydrogens (primary N) is 1. The van der Waals surface area contributed by atoms with Crippen molar-refractivity contribution in [3.05, 3.63) is 53.9 Å². The molecule has 214 valence electrons. The van der Waals surface area contributed by atoms with E-state index in [2.05, 4.69) is 9.97 Å². The summed E-state index contributed by atoms with van der Waals surface area (Å²) >= 11 is 0. The lowest BCUT2D eigenvalue weighted by Gasteiger charge is -2.23. The summed E-state index contributed by atoms with van der Waals surface area (Å²) in [4.78, 5) is 29.5. The van der Waals surface area contributed by atoms with E-state index in [1.807, 2.05) is 6.07 Å². The zero-order valence-corrected chi connectivity index (χ0v) is 20.1. The second kappa shape index (κ2) is 11.8.